The summed E-state index contributed by atoms with van der Waals surface area (Å²) < 4.78 is 16.8. The number of anilines is 3. The molecule has 0 saturated carbocycles. The van der Waals surface area contributed by atoms with Crippen molar-refractivity contribution in [2.75, 3.05) is 57.1 Å². The Bertz CT molecular complexity index is 2090. The Morgan fingerprint density at radius 1 is 0.865 bits per heavy atom. The van der Waals surface area contributed by atoms with E-state index in [9.17, 15) is 19.2 Å². The molecule has 5 aromatic rings. The molecular formula is C39H37N5O7S. The van der Waals surface area contributed by atoms with Crippen molar-refractivity contribution >= 4 is 51.9 Å². The van der Waals surface area contributed by atoms with E-state index in [-0.39, 0.29) is 23.6 Å². The van der Waals surface area contributed by atoms with E-state index in [1.165, 1.54) is 37.6 Å². The van der Waals surface area contributed by atoms with Crippen molar-refractivity contribution in [2.45, 2.75) is 12.6 Å². The molecule has 0 radical (unpaired) electrons. The van der Waals surface area contributed by atoms with Crippen LogP contribution < -0.4 is 29.3 Å². The van der Waals surface area contributed by atoms with Gasteiger partial charge >= 0.3 is 0 Å². The van der Waals surface area contributed by atoms with E-state index in [1.807, 2.05) is 66.8 Å². The molecule has 1 unspecified atom stereocenters. The van der Waals surface area contributed by atoms with Crippen LogP contribution in [-0.4, -0.2) is 75.4 Å². The first-order valence-electron chi connectivity index (χ1n) is 16.3. The number of hydrogen-bond donors (Lipinski definition) is 1. The number of amides is 3. The number of nitrogens with one attached hydrogen (secondary N) is 1. The minimum atomic E-state index is -1.30. The van der Waals surface area contributed by atoms with Gasteiger partial charge < -0.3 is 29.3 Å². The fraction of sp³-hybridized carbons (Fsp3) is 0.205. The molecule has 12 nitrogen and oxygen atoms in total. The Kier molecular flexibility index (Phi) is 10.5. The smallest absolute Gasteiger partial charge is 0.299 e. The van der Waals surface area contributed by atoms with Crippen LogP contribution in [-0.2, 0) is 20.9 Å². The monoisotopic (exact) mass is 719 g/mol. The number of para-hydroxylation sites is 1. The van der Waals surface area contributed by atoms with E-state index in [4.69, 9.17) is 19.2 Å². The van der Waals surface area contributed by atoms with Gasteiger partial charge in [-0.25, -0.2) is 4.98 Å². The molecule has 1 aliphatic heterocycles. The quantitative estimate of drug-likeness (QED) is 0.149. The predicted molar refractivity (Wildman–Crippen MR) is 199 cm³/mol. The summed E-state index contributed by atoms with van der Waals surface area (Å²) in [5.74, 6) is -1.85. The number of carbonyl (C=O) groups excluding carboxylic acids is 4. The maximum Gasteiger partial charge on any atom is 0.299 e. The number of hydrogen-bond acceptors (Lipinski definition) is 10. The summed E-state index contributed by atoms with van der Waals surface area (Å²) >= 11 is 1.33. The van der Waals surface area contributed by atoms with Gasteiger partial charge in [-0.2, -0.15) is 0 Å². The number of nitrogens with zero attached hydrogens (tertiary/aromatic N) is 4. The summed E-state index contributed by atoms with van der Waals surface area (Å²) in [6.45, 7) is -0.619. The molecule has 1 aromatic heterocycles. The van der Waals surface area contributed by atoms with Crippen LogP contribution in [0.5, 0.6) is 17.2 Å². The zero-order chi connectivity index (χ0) is 36.9. The van der Waals surface area contributed by atoms with Crippen molar-refractivity contribution in [3.63, 3.8) is 0 Å². The van der Waals surface area contributed by atoms with E-state index in [0.29, 0.717) is 33.4 Å². The number of thiazole rings is 1. The summed E-state index contributed by atoms with van der Waals surface area (Å²) in [5.41, 5.74) is 3.89. The minimum absolute atomic E-state index is 0.109. The molecule has 13 heteroatoms. The molecule has 2 heterocycles. The highest BCUT2D eigenvalue weighted by Gasteiger charge is 2.40. The van der Waals surface area contributed by atoms with Crippen LogP contribution in [0.2, 0.25) is 0 Å². The Labute approximate surface area is 305 Å². The summed E-state index contributed by atoms with van der Waals surface area (Å²) in [6.07, 6.45) is 0. The van der Waals surface area contributed by atoms with Gasteiger partial charge in [0.2, 0.25) is 11.7 Å². The molecule has 1 atom stereocenters. The maximum absolute atomic E-state index is 14.7. The molecular weight excluding hydrogens is 683 g/mol. The second kappa shape index (κ2) is 15.4. The summed E-state index contributed by atoms with van der Waals surface area (Å²) in [7, 11) is 8.21. The lowest BCUT2D eigenvalue weighted by Crippen LogP contribution is -2.46. The lowest BCUT2D eigenvalue weighted by atomic mass is 10.0. The summed E-state index contributed by atoms with van der Waals surface area (Å²) in [6, 6.07) is 25.3. The Balaban J connectivity index is 1.46. The normalized spacial score (nSPS) is 12.6. The molecule has 4 aromatic carbocycles. The Hall–Kier alpha value is -6.21. The van der Waals surface area contributed by atoms with Crippen LogP contribution in [0.1, 0.15) is 27.0 Å². The summed E-state index contributed by atoms with van der Waals surface area (Å²) in [4.78, 5) is 64.7. The minimum Gasteiger partial charge on any atom is -0.493 e. The van der Waals surface area contributed by atoms with Gasteiger partial charge in [-0.3, -0.25) is 24.1 Å². The first kappa shape index (κ1) is 35.6. The van der Waals surface area contributed by atoms with Crippen molar-refractivity contribution in [2.24, 2.45) is 0 Å². The van der Waals surface area contributed by atoms with Gasteiger partial charge in [-0.05, 0) is 54.1 Å². The van der Waals surface area contributed by atoms with E-state index in [1.54, 1.807) is 48.5 Å². The van der Waals surface area contributed by atoms with Gasteiger partial charge in [0.1, 0.15) is 17.6 Å². The molecule has 3 amide bonds. The average Bonchev–Trinajstić information content (AvgIpc) is 3.73. The van der Waals surface area contributed by atoms with Gasteiger partial charge in [-0.1, -0.05) is 42.5 Å². The largest absolute Gasteiger partial charge is 0.493 e. The van der Waals surface area contributed by atoms with E-state index >= 15 is 0 Å². The number of Topliss-reactive ketones (excluding diaryl/α,β-unsaturated/α-hetero) is 1. The van der Waals surface area contributed by atoms with Crippen LogP contribution >= 0.6 is 11.3 Å². The second-order valence-electron chi connectivity index (χ2n) is 12.0. The van der Waals surface area contributed by atoms with Crippen molar-refractivity contribution in [3.05, 3.63) is 113 Å². The van der Waals surface area contributed by atoms with Gasteiger partial charge in [0.05, 0.1) is 44.8 Å². The summed E-state index contributed by atoms with van der Waals surface area (Å²) in [5, 5.41) is 5.39. The first-order chi connectivity index (χ1) is 25.1. The molecule has 1 N–H and O–H groups in total. The van der Waals surface area contributed by atoms with Crippen molar-refractivity contribution in [3.8, 4) is 28.5 Å². The molecule has 0 saturated heterocycles. The number of aromatic nitrogens is 1. The fourth-order valence-corrected chi connectivity index (χ4v) is 6.81. The molecule has 266 valence electrons. The average molecular weight is 720 g/mol. The fourth-order valence-electron chi connectivity index (χ4n) is 6.01. The van der Waals surface area contributed by atoms with E-state index in [0.717, 1.165) is 16.2 Å². The number of methoxy groups -OCH3 is 3. The third kappa shape index (κ3) is 7.16. The standard InChI is InChI=1S/C39H37N5O7S/c1-42(2)27-17-15-26(16-18-27)40-38(47)35(25-19-31(49-3)37(51-5)32(20-25)50-4)44(21-33-41-29(23-52-33)24-11-7-6-8-12-24)34(45)22-43-30-14-10-9-13-28(30)36(46)39(43)48/h6-20,23,35H,21-22H2,1-5H3,(H,40,47). The Morgan fingerprint density at radius 3 is 2.15 bits per heavy atom. The lowest BCUT2D eigenvalue weighted by Gasteiger charge is -2.32. The van der Waals surface area contributed by atoms with Crippen LogP contribution in [0, 0.1) is 0 Å². The number of ether oxygens (including phenoxy) is 3. The highest BCUT2D eigenvalue weighted by atomic mass is 32.1. The molecule has 1 aliphatic rings. The van der Waals surface area contributed by atoms with Crippen molar-refractivity contribution in [1.29, 1.82) is 0 Å². The first-order valence-corrected chi connectivity index (χ1v) is 17.1. The Morgan fingerprint density at radius 2 is 1.52 bits per heavy atom. The highest BCUT2D eigenvalue weighted by molar-refractivity contribution is 7.09. The molecule has 6 rings (SSSR count). The van der Waals surface area contributed by atoms with Gasteiger partial charge in [0.15, 0.2) is 11.5 Å². The predicted octanol–water partition coefficient (Wildman–Crippen LogP) is 5.84. The number of benzene rings is 4. The third-order valence-electron chi connectivity index (χ3n) is 8.63. The van der Waals surface area contributed by atoms with Crippen molar-refractivity contribution in [1.82, 2.24) is 9.88 Å². The lowest BCUT2D eigenvalue weighted by molar-refractivity contribution is -0.139. The van der Waals surface area contributed by atoms with Gasteiger partial charge in [0.25, 0.3) is 17.6 Å². The number of rotatable bonds is 13. The SMILES string of the molecule is COc1cc(C(C(=O)Nc2ccc(N(C)C)cc2)N(Cc2nc(-c3ccccc3)cs2)C(=O)CN2C(=O)C(=O)c3ccccc32)cc(OC)c1OC. The second-order valence-corrected chi connectivity index (χ2v) is 13.0. The zero-order valence-corrected chi connectivity index (χ0v) is 30.1. The van der Waals surface area contributed by atoms with E-state index < -0.39 is 36.1 Å². The van der Waals surface area contributed by atoms with Crippen LogP contribution in [0.15, 0.2) is 96.4 Å². The highest BCUT2D eigenvalue weighted by Crippen LogP contribution is 2.42. The topological polar surface area (TPSA) is 131 Å². The molecule has 0 spiro atoms. The van der Waals surface area contributed by atoms with Crippen LogP contribution in [0.4, 0.5) is 17.1 Å². The molecule has 0 bridgehead atoms. The third-order valence-corrected chi connectivity index (χ3v) is 9.47. The number of carbonyl (C=O) groups is 4. The van der Waals surface area contributed by atoms with Crippen LogP contribution in [0.3, 0.4) is 0 Å². The zero-order valence-electron chi connectivity index (χ0n) is 29.3. The molecule has 52 heavy (non-hydrogen) atoms. The number of fused-ring (bicyclic) bond motifs is 1. The molecule has 0 fully saturated rings. The van der Waals surface area contributed by atoms with E-state index in [2.05, 4.69) is 5.32 Å². The number of ketones is 1. The molecule has 0 aliphatic carbocycles. The maximum atomic E-state index is 14.7. The van der Waals surface area contributed by atoms with Gasteiger partial charge in [0, 0.05) is 36.4 Å². The van der Waals surface area contributed by atoms with Crippen LogP contribution in [0.25, 0.3) is 11.3 Å². The van der Waals surface area contributed by atoms with Crippen molar-refractivity contribution < 1.29 is 33.4 Å². The van der Waals surface area contributed by atoms with Gasteiger partial charge in [-0.15, -0.1) is 11.3 Å².